The zero-order valence-electron chi connectivity index (χ0n) is 11.7. The van der Waals surface area contributed by atoms with Gasteiger partial charge in [-0.1, -0.05) is 37.6 Å². The molecule has 0 aliphatic carbocycles. The van der Waals surface area contributed by atoms with Gasteiger partial charge in [0.2, 0.25) is 0 Å². The SMILES string of the molecule is CCCCOc1ccc2cc([B-](F)(F)F)ccc2c1.[K+]. The average Bonchev–Trinajstić information content (AvgIpc) is 2.37. The van der Waals surface area contributed by atoms with E-state index in [0.717, 1.165) is 24.3 Å². The molecule has 0 amide bonds. The van der Waals surface area contributed by atoms with Crippen LogP contribution >= 0.6 is 0 Å². The van der Waals surface area contributed by atoms with Gasteiger partial charge >= 0.3 is 58.4 Å². The van der Waals surface area contributed by atoms with Crippen LogP contribution < -0.4 is 61.6 Å². The minimum absolute atomic E-state index is 0. The third kappa shape index (κ3) is 4.77. The van der Waals surface area contributed by atoms with Crippen LogP contribution in [-0.4, -0.2) is 13.6 Å². The summed E-state index contributed by atoms with van der Waals surface area (Å²) in [5.74, 6) is 0.700. The molecule has 0 bridgehead atoms. The molecule has 2 rings (SSSR count). The van der Waals surface area contributed by atoms with Crippen molar-refractivity contribution in [2.45, 2.75) is 19.8 Å². The molecule has 0 unspecified atom stereocenters. The van der Waals surface area contributed by atoms with Gasteiger partial charge in [0.1, 0.15) is 5.75 Å². The Kier molecular flexibility index (Phi) is 7.08. The van der Waals surface area contributed by atoms with Crippen molar-refractivity contribution >= 4 is 23.2 Å². The molecule has 2 aromatic carbocycles. The summed E-state index contributed by atoms with van der Waals surface area (Å²) >= 11 is 0. The fraction of sp³-hybridized carbons (Fsp3) is 0.286. The molecule has 0 fully saturated rings. The minimum Gasteiger partial charge on any atom is -0.494 e. The van der Waals surface area contributed by atoms with E-state index < -0.39 is 12.4 Å². The van der Waals surface area contributed by atoms with E-state index in [1.165, 1.54) is 12.1 Å². The number of benzene rings is 2. The van der Waals surface area contributed by atoms with Gasteiger partial charge in [0.25, 0.3) is 0 Å². The van der Waals surface area contributed by atoms with Crippen molar-refractivity contribution in [3.8, 4) is 5.75 Å². The molecule has 1 nitrogen and oxygen atoms in total. The molecule has 0 N–H and O–H groups in total. The van der Waals surface area contributed by atoms with E-state index in [9.17, 15) is 12.9 Å². The van der Waals surface area contributed by atoms with Gasteiger partial charge in [-0.15, -0.1) is 5.46 Å². The fourth-order valence-corrected chi connectivity index (χ4v) is 1.87. The topological polar surface area (TPSA) is 9.23 Å². The van der Waals surface area contributed by atoms with Gasteiger partial charge in [-0.3, -0.25) is 0 Å². The molecule has 0 aromatic heterocycles. The molecule has 0 aliphatic heterocycles. The first-order valence-electron chi connectivity index (χ1n) is 6.37. The maximum atomic E-state index is 12.6. The number of fused-ring (bicyclic) bond motifs is 1. The molecule has 0 saturated carbocycles. The van der Waals surface area contributed by atoms with Crippen molar-refractivity contribution in [3.63, 3.8) is 0 Å². The van der Waals surface area contributed by atoms with Crippen molar-refractivity contribution < 1.29 is 69.1 Å². The van der Waals surface area contributed by atoms with Crippen molar-refractivity contribution in [1.29, 1.82) is 0 Å². The van der Waals surface area contributed by atoms with Crippen LogP contribution in [0.2, 0.25) is 0 Å². The Morgan fingerprint density at radius 3 is 2.30 bits per heavy atom. The van der Waals surface area contributed by atoms with Crippen molar-refractivity contribution in [3.05, 3.63) is 36.4 Å². The average molecular weight is 306 g/mol. The zero-order chi connectivity index (χ0) is 13.9. The second kappa shape index (κ2) is 7.85. The summed E-state index contributed by atoms with van der Waals surface area (Å²) in [6.07, 6.45) is 2.01. The smallest absolute Gasteiger partial charge is 0.494 e. The van der Waals surface area contributed by atoms with E-state index in [1.54, 1.807) is 18.2 Å². The fourth-order valence-electron chi connectivity index (χ4n) is 1.87. The van der Waals surface area contributed by atoms with E-state index >= 15 is 0 Å². The van der Waals surface area contributed by atoms with Crippen molar-refractivity contribution in [2.24, 2.45) is 0 Å². The minimum atomic E-state index is -4.94. The standard InChI is InChI=1S/C14H15BF3O.K/c1-2-3-8-19-14-7-5-11-9-13(15(16,17)18)6-4-12(11)10-14;/h4-7,9-10H,2-3,8H2,1H3;/q-1;+1. The van der Waals surface area contributed by atoms with Gasteiger partial charge in [-0.2, -0.15) is 0 Å². The number of rotatable bonds is 5. The van der Waals surface area contributed by atoms with E-state index in [1.807, 2.05) is 0 Å². The molecule has 0 aliphatic rings. The van der Waals surface area contributed by atoms with Crippen LogP contribution in [0.1, 0.15) is 19.8 Å². The number of ether oxygens (including phenoxy) is 1. The first-order valence-corrected chi connectivity index (χ1v) is 6.37. The van der Waals surface area contributed by atoms with E-state index in [-0.39, 0.29) is 51.4 Å². The van der Waals surface area contributed by atoms with Crippen LogP contribution in [0.25, 0.3) is 10.8 Å². The zero-order valence-corrected chi connectivity index (χ0v) is 14.8. The van der Waals surface area contributed by atoms with Gasteiger partial charge in [0, 0.05) is 0 Å². The van der Waals surface area contributed by atoms with Crippen LogP contribution in [0.5, 0.6) is 5.75 Å². The molecule has 20 heavy (non-hydrogen) atoms. The molecule has 0 saturated heterocycles. The Hall–Kier alpha value is -0.00870. The van der Waals surface area contributed by atoms with Crippen LogP contribution in [0, 0.1) is 0 Å². The molecule has 0 radical (unpaired) electrons. The molecular formula is C14H15BF3KO. The van der Waals surface area contributed by atoms with Gasteiger partial charge in [-0.25, -0.2) is 0 Å². The Labute approximate surface area is 159 Å². The Morgan fingerprint density at radius 1 is 1.00 bits per heavy atom. The van der Waals surface area contributed by atoms with Gasteiger partial charge < -0.3 is 17.7 Å². The first-order chi connectivity index (χ1) is 9.00. The van der Waals surface area contributed by atoms with Gasteiger partial charge in [0.15, 0.2) is 0 Å². The summed E-state index contributed by atoms with van der Waals surface area (Å²) in [7, 11) is 0. The summed E-state index contributed by atoms with van der Waals surface area (Å²) in [6.45, 7) is -2.24. The maximum Gasteiger partial charge on any atom is 1.00 e. The number of unbranched alkanes of at least 4 members (excludes halogenated alkanes) is 1. The Morgan fingerprint density at radius 2 is 1.65 bits per heavy atom. The Bertz CT molecular complexity index is 572. The molecule has 2 aromatic rings. The monoisotopic (exact) mass is 306 g/mol. The number of halogens is 3. The molecule has 0 heterocycles. The third-order valence-corrected chi connectivity index (χ3v) is 2.98. The summed E-state index contributed by atoms with van der Waals surface area (Å²) in [4.78, 5) is 0. The van der Waals surface area contributed by atoms with Crippen LogP contribution in [0.4, 0.5) is 12.9 Å². The third-order valence-electron chi connectivity index (χ3n) is 2.98. The van der Waals surface area contributed by atoms with E-state index in [2.05, 4.69) is 6.92 Å². The number of hydrogen-bond donors (Lipinski definition) is 0. The molecule has 102 valence electrons. The maximum absolute atomic E-state index is 12.6. The quantitative estimate of drug-likeness (QED) is 0.593. The second-order valence-corrected chi connectivity index (χ2v) is 4.55. The largest absolute Gasteiger partial charge is 1.00 e. The van der Waals surface area contributed by atoms with Crippen molar-refractivity contribution in [2.75, 3.05) is 6.61 Å². The number of hydrogen-bond acceptors (Lipinski definition) is 1. The molecular weight excluding hydrogens is 291 g/mol. The van der Waals surface area contributed by atoms with Gasteiger partial charge in [0.05, 0.1) is 6.61 Å². The summed E-state index contributed by atoms with van der Waals surface area (Å²) in [5.41, 5.74) is -0.563. The van der Waals surface area contributed by atoms with Crippen molar-refractivity contribution in [1.82, 2.24) is 0 Å². The van der Waals surface area contributed by atoms with E-state index in [0.29, 0.717) is 17.7 Å². The van der Waals surface area contributed by atoms with Crippen LogP contribution in [0.15, 0.2) is 36.4 Å². The molecule has 0 atom stereocenters. The Balaban J connectivity index is 0.00000200. The summed E-state index contributed by atoms with van der Waals surface area (Å²) in [5, 5.41) is 1.34. The van der Waals surface area contributed by atoms with Crippen LogP contribution in [-0.2, 0) is 0 Å². The second-order valence-electron chi connectivity index (χ2n) is 4.55. The molecule has 6 heteroatoms. The predicted molar refractivity (Wildman–Crippen MR) is 73.1 cm³/mol. The summed E-state index contributed by atoms with van der Waals surface area (Å²) in [6, 6.07) is 8.96. The van der Waals surface area contributed by atoms with E-state index in [4.69, 9.17) is 4.74 Å². The van der Waals surface area contributed by atoms with Crippen LogP contribution in [0.3, 0.4) is 0 Å². The van der Waals surface area contributed by atoms with Gasteiger partial charge in [-0.05, 0) is 29.3 Å². The normalized spacial score (nSPS) is 11.2. The first kappa shape index (κ1) is 18.0. The summed E-state index contributed by atoms with van der Waals surface area (Å²) < 4.78 is 43.4. The molecule has 0 spiro atoms. The predicted octanol–water partition coefficient (Wildman–Crippen LogP) is 1.08.